The lowest BCUT2D eigenvalue weighted by Gasteiger charge is -2.27. The third-order valence-corrected chi connectivity index (χ3v) is 4.03. The monoisotopic (exact) mass is 324 g/mol. The Balaban J connectivity index is 2.43. The Kier molecular flexibility index (Phi) is 5.36. The number of hydrogen-bond donors (Lipinski definition) is 2. The van der Waals surface area contributed by atoms with E-state index in [1.807, 2.05) is 60.7 Å². The van der Waals surface area contributed by atoms with Gasteiger partial charge >= 0.3 is 0 Å². The van der Waals surface area contributed by atoms with Crippen LogP contribution in [0, 0.1) is 0 Å². The van der Waals surface area contributed by atoms with Crippen LogP contribution in [0.15, 0.2) is 60.7 Å². The van der Waals surface area contributed by atoms with Gasteiger partial charge in [-0.3, -0.25) is 0 Å². The summed E-state index contributed by atoms with van der Waals surface area (Å²) in [6.07, 6.45) is 1.14. The molecule has 0 aliphatic heterocycles. The second kappa shape index (κ2) is 7.04. The molecule has 2 atom stereocenters. The molecule has 112 valence electrons. The highest BCUT2D eigenvalue weighted by Crippen LogP contribution is 2.29. The molecule has 2 aromatic rings. The van der Waals surface area contributed by atoms with E-state index in [2.05, 4.69) is 9.56 Å². The number of nitrogens with one attached hydrogen (secondary N) is 2. The maximum Gasteiger partial charge on any atom is 0.209 e. The highest BCUT2D eigenvalue weighted by atomic mass is 35.5. The van der Waals surface area contributed by atoms with Crippen LogP contribution in [0.3, 0.4) is 0 Å². The fraction of sp³-hybridized carbons (Fsp3) is 0.200. The predicted octanol–water partition coefficient (Wildman–Crippen LogP) is 2.76. The molecule has 0 saturated carbocycles. The molecular weight excluding hydrogens is 308 g/mol. The first-order valence-corrected chi connectivity index (χ1v) is 8.71. The molecule has 0 bridgehead atoms. The van der Waals surface area contributed by atoms with Gasteiger partial charge in [0.05, 0.1) is 18.3 Å². The predicted molar refractivity (Wildman–Crippen MR) is 85.3 cm³/mol. The summed E-state index contributed by atoms with van der Waals surface area (Å²) in [5, 5.41) is 0. The lowest BCUT2D eigenvalue weighted by Crippen LogP contribution is -2.35. The van der Waals surface area contributed by atoms with E-state index >= 15 is 0 Å². The molecule has 6 heteroatoms. The van der Waals surface area contributed by atoms with Gasteiger partial charge in [0.25, 0.3) is 0 Å². The van der Waals surface area contributed by atoms with Crippen molar-refractivity contribution in [3.05, 3.63) is 71.8 Å². The van der Waals surface area contributed by atoms with Crippen molar-refractivity contribution >= 4 is 21.8 Å². The van der Waals surface area contributed by atoms with Crippen LogP contribution in [-0.4, -0.2) is 14.7 Å². The van der Waals surface area contributed by atoms with Crippen LogP contribution in [-0.2, 0) is 10.0 Å². The molecule has 0 amide bonds. The summed E-state index contributed by atoms with van der Waals surface area (Å²) in [5.74, 6) is 0. The van der Waals surface area contributed by atoms with Crippen molar-refractivity contribution in [2.75, 3.05) is 6.26 Å². The smallest absolute Gasteiger partial charge is 0.209 e. The van der Waals surface area contributed by atoms with Gasteiger partial charge in [-0.1, -0.05) is 60.7 Å². The first kappa shape index (κ1) is 16.0. The maximum atomic E-state index is 11.7. The molecule has 2 N–H and O–H groups in total. The van der Waals surface area contributed by atoms with Crippen molar-refractivity contribution in [3.63, 3.8) is 0 Å². The first-order chi connectivity index (χ1) is 10.0. The molecule has 0 fully saturated rings. The van der Waals surface area contributed by atoms with E-state index in [0.717, 1.165) is 17.4 Å². The third-order valence-electron chi connectivity index (χ3n) is 3.11. The minimum absolute atomic E-state index is 0.384. The zero-order valence-corrected chi connectivity index (χ0v) is 13.1. The summed E-state index contributed by atoms with van der Waals surface area (Å²) in [5.41, 5.74) is 1.74. The number of benzene rings is 2. The van der Waals surface area contributed by atoms with Crippen molar-refractivity contribution < 1.29 is 8.42 Å². The fourth-order valence-corrected chi connectivity index (χ4v) is 3.18. The van der Waals surface area contributed by atoms with Crippen molar-refractivity contribution in [2.24, 2.45) is 0 Å². The molecule has 2 rings (SSSR count). The maximum absolute atomic E-state index is 11.7. The van der Waals surface area contributed by atoms with Crippen molar-refractivity contribution in [1.82, 2.24) is 9.56 Å². The minimum Gasteiger partial charge on any atom is -0.224 e. The van der Waals surface area contributed by atoms with Gasteiger partial charge in [0, 0.05) is 0 Å². The third kappa shape index (κ3) is 4.54. The standard InChI is InChI=1S/C15H17ClN2O2S/c1-21(19,20)18-15(13-10-6-3-7-11-13)14(17-16)12-8-4-2-5-9-12/h2-11,14-15,17-18H,1H3/t14-,15-/m1/s1. The molecule has 0 unspecified atom stereocenters. The molecule has 0 aliphatic carbocycles. The van der Waals surface area contributed by atoms with E-state index in [4.69, 9.17) is 11.8 Å². The topological polar surface area (TPSA) is 58.2 Å². The molecule has 4 nitrogen and oxygen atoms in total. The van der Waals surface area contributed by atoms with E-state index in [-0.39, 0.29) is 6.04 Å². The zero-order chi connectivity index (χ0) is 15.3. The normalized spacial score (nSPS) is 14.6. The lowest BCUT2D eigenvalue weighted by atomic mass is 9.95. The minimum atomic E-state index is -3.38. The molecule has 0 saturated heterocycles. The summed E-state index contributed by atoms with van der Waals surface area (Å²) in [6, 6.07) is 17.9. The Hall–Kier alpha value is -1.40. The number of rotatable bonds is 6. The Labute approximate surface area is 130 Å². The Morgan fingerprint density at radius 3 is 1.67 bits per heavy atom. The van der Waals surface area contributed by atoms with Gasteiger partial charge in [0.15, 0.2) is 0 Å². The summed E-state index contributed by atoms with van der Waals surface area (Å²) in [7, 11) is -3.38. The molecule has 0 radical (unpaired) electrons. The van der Waals surface area contributed by atoms with Crippen LogP contribution < -0.4 is 9.56 Å². The van der Waals surface area contributed by atoms with Crippen LogP contribution in [0.25, 0.3) is 0 Å². The molecular formula is C15H17ClN2O2S. The summed E-state index contributed by atoms with van der Waals surface area (Å²) < 4.78 is 26.0. The van der Waals surface area contributed by atoms with Crippen LogP contribution in [0.4, 0.5) is 0 Å². The van der Waals surface area contributed by atoms with Crippen LogP contribution >= 0.6 is 11.8 Å². The highest BCUT2D eigenvalue weighted by molar-refractivity contribution is 7.88. The Morgan fingerprint density at radius 1 is 0.857 bits per heavy atom. The van der Waals surface area contributed by atoms with E-state index < -0.39 is 16.1 Å². The zero-order valence-electron chi connectivity index (χ0n) is 11.5. The van der Waals surface area contributed by atoms with Crippen molar-refractivity contribution in [1.29, 1.82) is 0 Å². The second-order valence-corrected chi connectivity index (χ2v) is 6.77. The fourth-order valence-electron chi connectivity index (χ4n) is 2.20. The molecule has 0 aliphatic rings. The quantitative estimate of drug-likeness (QED) is 0.803. The van der Waals surface area contributed by atoms with Gasteiger partial charge in [-0.25, -0.2) is 18.0 Å². The van der Waals surface area contributed by atoms with Gasteiger partial charge in [-0.2, -0.15) is 0 Å². The van der Waals surface area contributed by atoms with Crippen LogP contribution in [0.5, 0.6) is 0 Å². The van der Waals surface area contributed by atoms with E-state index in [1.54, 1.807) is 0 Å². The van der Waals surface area contributed by atoms with Gasteiger partial charge < -0.3 is 0 Å². The van der Waals surface area contributed by atoms with Crippen molar-refractivity contribution in [2.45, 2.75) is 12.1 Å². The van der Waals surface area contributed by atoms with Gasteiger partial charge in [-0.05, 0) is 22.9 Å². The van der Waals surface area contributed by atoms with E-state index in [0.29, 0.717) is 0 Å². The largest absolute Gasteiger partial charge is 0.224 e. The van der Waals surface area contributed by atoms with Gasteiger partial charge in [0.2, 0.25) is 10.0 Å². The van der Waals surface area contributed by atoms with Crippen molar-refractivity contribution in [3.8, 4) is 0 Å². The van der Waals surface area contributed by atoms with Gasteiger partial charge in [0.1, 0.15) is 0 Å². The first-order valence-electron chi connectivity index (χ1n) is 6.44. The van der Waals surface area contributed by atoms with Crippen LogP contribution in [0.2, 0.25) is 0 Å². The van der Waals surface area contributed by atoms with Gasteiger partial charge in [-0.15, -0.1) is 0 Å². The number of hydrogen-bond acceptors (Lipinski definition) is 3. The lowest BCUT2D eigenvalue weighted by molar-refractivity contribution is 0.485. The second-order valence-electron chi connectivity index (χ2n) is 4.78. The molecule has 0 spiro atoms. The van der Waals surface area contributed by atoms with E-state index in [1.165, 1.54) is 0 Å². The highest BCUT2D eigenvalue weighted by Gasteiger charge is 2.26. The average Bonchev–Trinajstić information content (AvgIpc) is 2.48. The van der Waals surface area contributed by atoms with E-state index in [9.17, 15) is 8.42 Å². The molecule has 2 aromatic carbocycles. The number of halogens is 1. The summed E-state index contributed by atoms with van der Waals surface area (Å²) >= 11 is 5.89. The summed E-state index contributed by atoms with van der Waals surface area (Å²) in [4.78, 5) is 2.68. The molecule has 0 aromatic heterocycles. The van der Waals surface area contributed by atoms with Crippen LogP contribution in [0.1, 0.15) is 23.2 Å². The molecule has 21 heavy (non-hydrogen) atoms. The Bertz CT molecular complexity index is 663. The Morgan fingerprint density at radius 2 is 1.29 bits per heavy atom. The number of sulfonamides is 1. The average molecular weight is 325 g/mol. The molecule has 0 heterocycles. The SMILES string of the molecule is CS(=O)(=O)N[C@H](c1ccccc1)[C@H](NCl)c1ccccc1. The summed E-state index contributed by atoms with van der Waals surface area (Å²) in [6.45, 7) is 0.